The van der Waals surface area contributed by atoms with Crippen molar-refractivity contribution in [2.45, 2.75) is 32.9 Å². The van der Waals surface area contributed by atoms with Crippen LogP contribution in [0.15, 0.2) is 0 Å². The second-order valence-electron chi connectivity index (χ2n) is 3.25. The Hall–Kier alpha value is -0.183. The van der Waals surface area contributed by atoms with Gasteiger partial charge in [0, 0.05) is 12.6 Å². The van der Waals surface area contributed by atoms with Crippen LogP contribution in [0, 0.1) is 0 Å². The summed E-state index contributed by atoms with van der Waals surface area (Å²) in [6.45, 7) is 7.92. The van der Waals surface area contributed by atoms with E-state index in [9.17, 15) is 4.46 Å². The maximum Gasteiger partial charge on any atom is 0.391 e. The number of rotatable bonds is 1. The summed E-state index contributed by atoms with van der Waals surface area (Å²) in [5.41, 5.74) is 0.0464. The molecule has 0 bridgehead atoms. The molecule has 0 aliphatic rings. The molecule has 0 radical (unpaired) electrons. The van der Waals surface area contributed by atoms with Crippen molar-refractivity contribution >= 4 is 8.84 Å². The van der Waals surface area contributed by atoms with Gasteiger partial charge in [-0.05, 0) is 27.3 Å². The van der Waals surface area contributed by atoms with Gasteiger partial charge in [-0.15, -0.1) is 0 Å². The van der Waals surface area contributed by atoms with Crippen LogP contribution in [0.3, 0.4) is 0 Å². The number of hydrogen-bond acceptors (Lipinski definition) is 1. The fourth-order valence-corrected chi connectivity index (χ4v) is 1.42. The monoisotopic (exact) mass is 145 g/mol. The van der Waals surface area contributed by atoms with Crippen LogP contribution in [0.1, 0.15) is 20.8 Å². The predicted octanol–water partition coefficient (Wildman–Crippen LogP) is 1.27. The fourth-order valence-electron chi connectivity index (χ4n) is 0.472. The SMILES string of the molecule is CN([Si](C)=O)C(C)(C)C. The van der Waals surface area contributed by atoms with E-state index in [0.29, 0.717) is 0 Å². The van der Waals surface area contributed by atoms with Crippen LogP contribution in [0.2, 0.25) is 6.55 Å². The topological polar surface area (TPSA) is 20.3 Å². The van der Waals surface area contributed by atoms with Crippen molar-refractivity contribution in [2.75, 3.05) is 7.05 Å². The molecule has 0 unspecified atom stereocenters. The first-order chi connectivity index (χ1) is 3.85. The third-order valence-electron chi connectivity index (χ3n) is 1.48. The lowest BCUT2D eigenvalue weighted by Gasteiger charge is -2.30. The summed E-state index contributed by atoms with van der Waals surface area (Å²) in [5.74, 6) is 0. The predicted molar refractivity (Wildman–Crippen MR) is 39.8 cm³/mol. The van der Waals surface area contributed by atoms with Gasteiger partial charge in [0.25, 0.3) is 0 Å². The molecule has 3 heteroatoms. The van der Waals surface area contributed by atoms with E-state index in [1.54, 1.807) is 6.55 Å². The highest BCUT2D eigenvalue weighted by Gasteiger charge is 2.19. The van der Waals surface area contributed by atoms with E-state index < -0.39 is 8.84 Å². The molecule has 0 saturated carbocycles. The molecular formula is C6H15NOSi. The Kier molecular flexibility index (Phi) is 2.55. The van der Waals surface area contributed by atoms with Gasteiger partial charge >= 0.3 is 8.84 Å². The van der Waals surface area contributed by atoms with Crippen molar-refractivity contribution in [2.24, 2.45) is 0 Å². The van der Waals surface area contributed by atoms with Crippen LogP contribution < -0.4 is 0 Å². The first kappa shape index (κ1) is 8.82. The Balaban J connectivity index is 4.04. The zero-order valence-corrected chi connectivity index (χ0v) is 7.86. The van der Waals surface area contributed by atoms with E-state index in [-0.39, 0.29) is 5.54 Å². The lowest BCUT2D eigenvalue weighted by molar-refractivity contribution is 0.276. The summed E-state index contributed by atoms with van der Waals surface area (Å²) < 4.78 is 12.8. The largest absolute Gasteiger partial charge is 0.391 e. The minimum atomic E-state index is -1.49. The zero-order chi connectivity index (χ0) is 7.65. The molecule has 54 valence electrons. The summed E-state index contributed by atoms with van der Waals surface area (Å²) in [5, 5.41) is 0. The normalized spacial score (nSPS) is 11.2. The van der Waals surface area contributed by atoms with Crippen LogP contribution in [-0.2, 0) is 4.46 Å². The van der Waals surface area contributed by atoms with Crippen LogP contribution in [0.5, 0.6) is 0 Å². The van der Waals surface area contributed by atoms with Crippen LogP contribution in [-0.4, -0.2) is 26.0 Å². The van der Waals surface area contributed by atoms with E-state index >= 15 is 0 Å². The quantitative estimate of drug-likeness (QED) is 0.518. The zero-order valence-electron chi connectivity index (χ0n) is 6.86. The van der Waals surface area contributed by atoms with E-state index in [4.69, 9.17) is 0 Å². The molecule has 2 nitrogen and oxygen atoms in total. The highest BCUT2D eigenvalue weighted by Crippen LogP contribution is 2.08. The molecule has 0 aliphatic carbocycles. The van der Waals surface area contributed by atoms with Crippen LogP contribution in [0.25, 0.3) is 0 Å². The van der Waals surface area contributed by atoms with E-state index in [2.05, 4.69) is 20.8 Å². The molecule has 0 spiro atoms. The van der Waals surface area contributed by atoms with Crippen molar-refractivity contribution in [1.29, 1.82) is 0 Å². The van der Waals surface area contributed by atoms with Crippen LogP contribution in [0.4, 0.5) is 0 Å². The lowest BCUT2D eigenvalue weighted by Crippen LogP contribution is -2.42. The smallest absolute Gasteiger partial charge is 0.376 e. The highest BCUT2D eigenvalue weighted by atomic mass is 28.3. The standard InChI is InChI=1S/C6H15NOSi/c1-6(2,3)7(4)9(5)8/h1-5H3. The molecule has 0 aromatic heterocycles. The Morgan fingerprint density at radius 1 is 1.33 bits per heavy atom. The van der Waals surface area contributed by atoms with Crippen molar-refractivity contribution in [3.63, 3.8) is 0 Å². The molecular weight excluding hydrogens is 130 g/mol. The van der Waals surface area contributed by atoms with Gasteiger partial charge in [-0.2, -0.15) is 0 Å². The lowest BCUT2D eigenvalue weighted by atomic mass is 10.1. The second-order valence-corrected chi connectivity index (χ2v) is 4.96. The minimum Gasteiger partial charge on any atom is -0.376 e. The Bertz CT molecular complexity index is 117. The number of nitrogens with zero attached hydrogens (tertiary/aromatic N) is 1. The molecule has 0 aromatic rings. The Labute approximate surface area is 58.6 Å². The van der Waals surface area contributed by atoms with Crippen molar-refractivity contribution < 1.29 is 4.46 Å². The Morgan fingerprint density at radius 2 is 1.67 bits per heavy atom. The molecule has 0 N–H and O–H groups in total. The average molecular weight is 145 g/mol. The summed E-state index contributed by atoms with van der Waals surface area (Å²) in [6.07, 6.45) is 0. The average Bonchev–Trinajstić information content (AvgIpc) is 1.62. The third-order valence-corrected chi connectivity index (χ3v) is 3.09. The molecule has 0 amide bonds. The molecule has 0 saturated heterocycles. The van der Waals surface area contributed by atoms with Gasteiger partial charge < -0.3 is 9.03 Å². The van der Waals surface area contributed by atoms with E-state index in [1.165, 1.54) is 0 Å². The van der Waals surface area contributed by atoms with E-state index in [0.717, 1.165) is 0 Å². The van der Waals surface area contributed by atoms with Crippen molar-refractivity contribution in [1.82, 2.24) is 4.57 Å². The summed E-state index contributed by atoms with van der Waals surface area (Å²) in [7, 11) is 0.404. The van der Waals surface area contributed by atoms with Crippen molar-refractivity contribution in [3.8, 4) is 0 Å². The van der Waals surface area contributed by atoms with Gasteiger partial charge in [-0.25, -0.2) is 0 Å². The second kappa shape index (κ2) is 2.60. The minimum absolute atomic E-state index is 0.0464. The molecule has 9 heavy (non-hydrogen) atoms. The maximum absolute atomic E-state index is 10.9. The maximum atomic E-state index is 10.9. The fraction of sp³-hybridized carbons (Fsp3) is 1.00. The molecule has 0 fully saturated rings. The van der Waals surface area contributed by atoms with Crippen molar-refractivity contribution in [3.05, 3.63) is 0 Å². The number of hydrogen-bond donors (Lipinski definition) is 0. The van der Waals surface area contributed by atoms with Gasteiger partial charge in [-0.3, -0.25) is 0 Å². The van der Waals surface area contributed by atoms with Gasteiger partial charge in [0.05, 0.1) is 0 Å². The van der Waals surface area contributed by atoms with Gasteiger partial charge in [0.2, 0.25) is 0 Å². The van der Waals surface area contributed by atoms with E-state index in [1.807, 2.05) is 11.6 Å². The first-order valence-electron chi connectivity index (χ1n) is 3.10. The van der Waals surface area contributed by atoms with Gasteiger partial charge in [0.1, 0.15) is 0 Å². The molecule has 0 aromatic carbocycles. The summed E-state index contributed by atoms with van der Waals surface area (Å²) in [4.78, 5) is 0. The molecule has 0 aliphatic heterocycles. The van der Waals surface area contributed by atoms with Gasteiger partial charge in [-0.1, -0.05) is 0 Å². The Morgan fingerprint density at radius 3 is 1.67 bits per heavy atom. The molecule has 0 rings (SSSR count). The first-order valence-corrected chi connectivity index (χ1v) is 4.95. The van der Waals surface area contributed by atoms with Gasteiger partial charge in [0.15, 0.2) is 0 Å². The molecule has 0 atom stereocenters. The highest BCUT2D eigenvalue weighted by molar-refractivity contribution is 6.37. The van der Waals surface area contributed by atoms with Crippen LogP contribution >= 0.6 is 0 Å². The summed E-state index contributed by atoms with van der Waals surface area (Å²) in [6, 6.07) is 0. The summed E-state index contributed by atoms with van der Waals surface area (Å²) >= 11 is 0. The molecule has 0 heterocycles. The third kappa shape index (κ3) is 2.74.